The SMILES string of the molecule is COC[C@H]1CN(C2CCN(C(=O)OC(C)(C)C)CC2)C(Cc2ccc(Cl)cc2)CO1. The number of amides is 1. The number of carbonyl (C=O) groups is 1. The zero-order valence-electron chi connectivity index (χ0n) is 18.6. The molecule has 1 aromatic rings. The van der Waals surface area contributed by atoms with Crippen LogP contribution in [0.4, 0.5) is 4.79 Å². The number of rotatable bonds is 5. The Morgan fingerprint density at radius 3 is 2.47 bits per heavy atom. The Balaban J connectivity index is 1.63. The van der Waals surface area contributed by atoms with Crippen molar-refractivity contribution in [3.05, 3.63) is 34.9 Å². The third-order valence-electron chi connectivity index (χ3n) is 5.73. The van der Waals surface area contributed by atoms with Gasteiger partial charge in [0.2, 0.25) is 0 Å². The predicted octanol–water partition coefficient (Wildman–Crippen LogP) is 4.00. The molecule has 1 unspecified atom stereocenters. The molecular formula is C23H35ClN2O4. The van der Waals surface area contributed by atoms with Gasteiger partial charge in [-0.2, -0.15) is 0 Å². The molecule has 2 saturated heterocycles. The summed E-state index contributed by atoms with van der Waals surface area (Å²) in [5.74, 6) is 0. The first-order chi connectivity index (χ1) is 14.2. The average Bonchev–Trinajstić information content (AvgIpc) is 2.70. The second kappa shape index (κ2) is 10.3. The van der Waals surface area contributed by atoms with Crippen LogP contribution in [0, 0.1) is 0 Å². The zero-order chi connectivity index (χ0) is 21.7. The first kappa shape index (κ1) is 23.3. The van der Waals surface area contributed by atoms with Gasteiger partial charge in [-0.1, -0.05) is 23.7 Å². The number of halogens is 1. The van der Waals surface area contributed by atoms with E-state index in [1.54, 1.807) is 7.11 Å². The molecule has 1 aromatic carbocycles. The summed E-state index contributed by atoms with van der Waals surface area (Å²) in [6, 6.07) is 8.79. The van der Waals surface area contributed by atoms with E-state index in [1.807, 2.05) is 37.8 Å². The average molecular weight is 439 g/mol. The van der Waals surface area contributed by atoms with Crippen LogP contribution in [0.1, 0.15) is 39.2 Å². The molecule has 0 radical (unpaired) electrons. The number of morpholine rings is 1. The van der Waals surface area contributed by atoms with Crippen molar-refractivity contribution >= 4 is 17.7 Å². The lowest BCUT2D eigenvalue weighted by molar-refractivity contribution is -0.106. The summed E-state index contributed by atoms with van der Waals surface area (Å²) in [4.78, 5) is 16.8. The Hall–Kier alpha value is -1.34. The van der Waals surface area contributed by atoms with Gasteiger partial charge < -0.3 is 19.1 Å². The summed E-state index contributed by atoms with van der Waals surface area (Å²) < 4.78 is 17.0. The Morgan fingerprint density at radius 2 is 1.87 bits per heavy atom. The molecule has 2 atom stereocenters. The summed E-state index contributed by atoms with van der Waals surface area (Å²) in [5.41, 5.74) is 0.796. The summed E-state index contributed by atoms with van der Waals surface area (Å²) in [5, 5.41) is 0.755. The van der Waals surface area contributed by atoms with Crippen LogP contribution < -0.4 is 0 Å². The predicted molar refractivity (Wildman–Crippen MR) is 118 cm³/mol. The quantitative estimate of drug-likeness (QED) is 0.695. The first-order valence-electron chi connectivity index (χ1n) is 10.8. The van der Waals surface area contributed by atoms with Crippen LogP contribution in [0.2, 0.25) is 5.02 Å². The molecule has 1 amide bonds. The van der Waals surface area contributed by atoms with E-state index in [9.17, 15) is 4.79 Å². The maximum Gasteiger partial charge on any atom is 0.410 e. The standard InChI is InChI=1S/C23H35ClN2O4/c1-23(2,3)30-22(27)25-11-9-19(10-12-25)26-14-21(16-28-4)29-15-20(26)13-17-5-7-18(24)8-6-17/h5-8,19-21H,9-16H2,1-4H3/t20?,21-/m1/s1. The lowest BCUT2D eigenvalue weighted by Crippen LogP contribution is -2.58. The summed E-state index contributed by atoms with van der Waals surface area (Å²) in [6.45, 7) is 9.29. The van der Waals surface area contributed by atoms with Crippen molar-refractivity contribution < 1.29 is 19.0 Å². The number of likely N-dealkylation sites (tertiary alicyclic amines) is 1. The highest BCUT2D eigenvalue weighted by Gasteiger charge is 2.36. The van der Waals surface area contributed by atoms with E-state index in [2.05, 4.69) is 17.0 Å². The second-order valence-electron chi connectivity index (χ2n) is 9.29. The topological polar surface area (TPSA) is 51.2 Å². The monoisotopic (exact) mass is 438 g/mol. The maximum atomic E-state index is 12.4. The molecule has 6 nitrogen and oxygen atoms in total. The van der Waals surface area contributed by atoms with Crippen molar-refractivity contribution in [2.75, 3.05) is 40.0 Å². The fraction of sp³-hybridized carbons (Fsp3) is 0.696. The number of benzene rings is 1. The van der Waals surface area contributed by atoms with Gasteiger partial charge in [0.25, 0.3) is 0 Å². The molecule has 0 N–H and O–H groups in total. The number of nitrogens with zero attached hydrogens (tertiary/aromatic N) is 2. The number of methoxy groups -OCH3 is 1. The normalized spacial score (nSPS) is 24.1. The molecule has 0 aliphatic carbocycles. The summed E-state index contributed by atoms with van der Waals surface area (Å²) in [7, 11) is 1.72. The van der Waals surface area contributed by atoms with Crippen LogP contribution in [0.3, 0.4) is 0 Å². The lowest BCUT2D eigenvalue weighted by atomic mass is 9.96. The largest absolute Gasteiger partial charge is 0.444 e. The van der Waals surface area contributed by atoms with Gasteiger partial charge in [0.05, 0.1) is 19.3 Å². The summed E-state index contributed by atoms with van der Waals surface area (Å²) >= 11 is 6.05. The molecule has 2 aliphatic rings. The zero-order valence-corrected chi connectivity index (χ0v) is 19.4. The summed E-state index contributed by atoms with van der Waals surface area (Å²) in [6.07, 6.45) is 2.67. The van der Waals surface area contributed by atoms with Gasteiger partial charge in [-0.3, -0.25) is 4.90 Å². The van der Waals surface area contributed by atoms with E-state index in [0.717, 1.165) is 43.9 Å². The minimum Gasteiger partial charge on any atom is -0.444 e. The van der Waals surface area contributed by atoms with Crippen molar-refractivity contribution in [1.82, 2.24) is 9.80 Å². The molecule has 3 rings (SSSR count). The van der Waals surface area contributed by atoms with Gasteiger partial charge in [0.15, 0.2) is 0 Å². The Labute approximate surface area is 185 Å². The van der Waals surface area contributed by atoms with Gasteiger partial charge in [0.1, 0.15) is 5.60 Å². The molecular weight excluding hydrogens is 404 g/mol. The van der Waals surface area contributed by atoms with E-state index in [4.69, 9.17) is 25.8 Å². The van der Waals surface area contributed by atoms with Gasteiger partial charge in [0, 0.05) is 43.9 Å². The minimum atomic E-state index is -0.463. The minimum absolute atomic E-state index is 0.0837. The van der Waals surface area contributed by atoms with E-state index in [0.29, 0.717) is 25.3 Å². The number of hydrogen-bond donors (Lipinski definition) is 0. The fourth-order valence-electron chi connectivity index (χ4n) is 4.29. The van der Waals surface area contributed by atoms with Crippen LogP contribution in [-0.2, 0) is 20.6 Å². The highest BCUT2D eigenvalue weighted by molar-refractivity contribution is 6.30. The molecule has 0 bridgehead atoms. The molecule has 30 heavy (non-hydrogen) atoms. The van der Waals surface area contributed by atoms with Crippen molar-refractivity contribution in [1.29, 1.82) is 0 Å². The van der Waals surface area contributed by atoms with E-state index < -0.39 is 5.60 Å². The lowest BCUT2D eigenvalue weighted by Gasteiger charge is -2.46. The van der Waals surface area contributed by atoms with Crippen molar-refractivity contribution in [2.24, 2.45) is 0 Å². The first-order valence-corrected chi connectivity index (χ1v) is 11.2. The molecule has 0 aromatic heterocycles. The van der Waals surface area contributed by atoms with Crippen LogP contribution in [-0.4, -0.2) is 79.6 Å². The number of piperidine rings is 1. The highest BCUT2D eigenvalue weighted by atomic mass is 35.5. The number of hydrogen-bond acceptors (Lipinski definition) is 5. The molecule has 0 saturated carbocycles. The van der Waals surface area contributed by atoms with Crippen LogP contribution in [0.5, 0.6) is 0 Å². The Bertz CT molecular complexity index is 683. The van der Waals surface area contributed by atoms with Gasteiger partial charge in [-0.25, -0.2) is 4.79 Å². The Morgan fingerprint density at radius 1 is 1.20 bits per heavy atom. The molecule has 2 heterocycles. The Kier molecular flexibility index (Phi) is 8.02. The third-order valence-corrected chi connectivity index (χ3v) is 5.98. The fourth-order valence-corrected chi connectivity index (χ4v) is 4.42. The van der Waals surface area contributed by atoms with Crippen LogP contribution >= 0.6 is 11.6 Å². The van der Waals surface area contributed by atoms with E-state index >= 15 is 0 Å². The van der Waals surface area contributed by atoms with Crippen LogP contribution in [0.25, 0.3) is 0 Å². The molecule has 2 fully saturated rings. The number of ether oxygens (including phenoxy) is 3. The highest BCUT2D eigenvalue weighted by Crippen LogP contribution is 2.26. The molecule has 2 aliphatic heterocycles. The van der Waals surface area contributed by atoms with Crippen molar-refractivity contribution in [3.63, 3.8) is 0 Å². The van der Waals surface area contributed by atoms with Gasteiger partial charge >= 0.3 is 6.09 Å². The van der Waals surface area contributed by atoms with E-state index in [-0.39, 0.29) is 12.2 Å². The van der Waals surface area contributed by atoms with Gasteiger partial charge in [-0.15, -0.1) is 0 Å². The molecule has 168 valence electrons. The molecule has 7 heteroatoms. The third kappa shape index (κ3) is 6.58. The molecule has 0 spiro atoms. The second-order valence-corrected chi connectivity index (χ2v) is 9.73. The van der Waals surface area contributed by atoms with Crippen LogP contribution in [0.15, 0.2) is 24.3 Å². The van der Waals surface area contributed by atoms with Crippen molar-refractivity contribution in [2.45, 2.75) is 63.8 Å². The van der Waals surface area contributed by atoms with E-state index in [1.165, 1.54) is 5.56 Å². The van der Waals surface area contributed by atoms with Crippen molar-refractivity contribution in [3.8, 4) is 0 Å². The van der Waals surface area contributed by atoms with Gasteiger partial charge in [-0.05, 0) is 57.7 Å². The number of carbonyl (C=O) groups excluding carboxylic acids is 1. The smallest absolute Gasteiger partial charge is 0.410 e. The maximum absolute atomic E-state index is 12.4.